The monoisotopic (exact) mass is 419 g/mol. The summed E-state index contributed by atoms with van der Waals surface area (Å²) >= 11 is 0. The molecule has 3 aromatic rings. The van der Waals surface area contributed by atoms with Crippen molar-refractivity contribution in [2.75, 3.05) is 19.8 Å². The van der Waals surface area contributed by atoms with E-state index in [0.29, 0.717) is 17.9 Å². The van der Waals surface area contributed by atoms with Crippen LogP contribution < -0.4 is 14.8 Å². The molecule has 0 aliphatic carbocycles. The topological polar surface area (TPSA) is 73.9 Å². The Balaban J connectivity index is 1.59. The number of hydrogen-bond acceptors (Lipinski definition) is 5. The molecule has 0 atom stereocenters. The van der Waals surface area contributed by atoms with Gasteiger partial charge in [0.2, 0.25) is 0 Å². The fraction of sp³-hybridized carbons (Fsp3) is 0.200. The average molecular weight is 419 g/mol. The Hall–Kier alpha value is -3.80. The summed E-state index contributed by atoms with van der Waals surface area (Å²) in [5.74, 6) is 0.650. The molecule has 0 aliphatic heterocycles. The second kappa shape index (κ2) is 10.8. The van der Waals surface area contributed by atoms with Gasteiger partial charge in [0.25, 0.3) is 0 Å². The Morgan fingerprint density at radius 2 is 1.52 bits per heavy atom. The van der Waals surface area contributed by atoms with E-state index in [1.54, 1.807) is 19.1 Å². The molecule has 6 heteroatoms. The summed E-state index contributed by atoms with van der Waals surface area (Å²) in [7, 11) is 0. The van der Waals surface area contributed by atoms with Gasteiger partial charge in [0, 0.05) is 22.8 Å². The molecule has 0 aromatic heterocycles. The molecular formula is C25H25NO5. The maximum Gasteiger partial charge on any atom is 0.412 e. The van der Waals surface area contributed by atoms with Crippen molar-refractivity contribution in [1.29, 1.82) is 0 Å². The maximum atomic E-state index is 12.1. The van der Waals surface area contributed by atoms with Gasteiger partial charge in [-0.25, -0.2) is 9.59 Å². The van der Waals surface area contributed by atoms with E-state index in [4.69, 9.17) is 14.2 Å². The first-order valence-corrected chi connectivity index (χ1v) is 10.0. The first-order valence-electron chi connectivity index (χ1n) is 10.0. The number of esters is 1. The lowest BCUT2D eigenvalue weighted by Crippen LogP contribution is -2.30. The van der Waals surface area contributed by atoms with Gasteiger partial charge in [0.05, 0.1) is 13.2 Å². The normalized spacial score (nSPS) is 10.4. The number of ether oxygens (including phenoxy) is 3. The van der Waals surface area contributed by atoms with E-state index < -0.39 is 12.1 Å². The highest BCUT2D eigenvalue weighted by atomic mass is 16.6. The van der Waals surface area contributed by atoms with Crippen LogP contribution in [-0.2, 0) is 16.0 Å². The van der Waals surface area contributed by atoms with Gasteiger partial charge in [-0.05, 0) is 24.6 Å². The summed E-state index contributed by atoms with van der Waals surface area (Å²) in [5, 5.41) is 4.18. The Morgan fingerprint density at radius 3 is 2.23 bits per heavy atom. The zero-order valence-corrected chi connectivity index (χ0v) is 17.4. The molecule has 0 unspecified atom stereocenters. The van der Waals surface area contributed by atoms with Crippen molar-refractivity contribution in [1.82, 2.24) is 5.32 Å². The maximum absolute atomic E-state index is 12.1. The molecule has 3 rings (SSSR count). The summed E-state index contributed by atoms with van der Waals surface area (Å²) in [6.45, 7) is 5.77. The lowest BCUT2D eigenvalue weighted by Gasteiger charge is -2.13. The molecule has 0 saturated carbocycles. The summed E-state index contributed by atoms with van der Waals surface area (Å²) in [4.78, 5) is 23.5. The molecule has 1 N–H and O–H groups in total. The molecule has 0 spiro atoms. The Kier molecular flexibility index (Phi) is 7.65. The predicted octanol–water partition coefficient (Wildman–Crippen LogP) is 4.67. The highest BCUT2D eigenvalue weighted by molar-refractivity contribution is 5.94. The van der Waals surface area contributed by atoms with Crippen LogP contribution in [0, 0.1) is 0 Å². The van der Waals surface area contributed by atoms with Crippen LogP contribution >= 0.6 is 0 Å². The van der Waals surface area contributed by atoms with E-state index in [0.717, 1.165) is 22.9 Å². The van der Waals surface area contributed by atoms with Crippen molar-refractivity contribution < 1.29 is 23.8 Å². The molecule has 31 heavy (non-hydrogen) atoms. The fourth-order valence-electron chi connectivity index (χ4n) is 2.94. The van der Waals surface area contributed by atoms with Crippen LogP contribution in [0.4, 0.5) is 4.79 Å². The minimum atomic E-state index is -0.630. The second-order valence-electron chi connectivity index (χ2n) is 6.92. The number of carbonyl (C=O) groups excluding carboxylic acids is 2. The van der Waals surface area contributed by atoms with Gasteiger partial charge in [-0.2, -0.15) is 0 Å². The van der Waals surface area contributed by atoms with E-state index in [9.17, 15) is 9.59 Å². The summed E-state index contributed by atoms with van der Waals surface area (Å²) in [6.07, 6.45) is 0.167. The van der Waals surface area contributed by atoms with Crippen molar-refractivity contribution in [3.05, 3.63) is 84.4 Å². The van der Waals surface area contributed by atoms with E-state index in [-0.39, 0.29) is 13.2 Å². The molecular weight excluding hydrogens is 394 g/mol. The number of fused-ring (bicyclic) bond motifs is 1. The fourth-order valence-corrected chi connectivity index (χ4v) is 2.94. The van der Waals surface area contributed by atoms with Crippen molar-refractivity contribution in [3.63, 3.8) is 0 Å². The lowest BCUT2D eigenvalue weighted by molar-refractivity contribution is -0.138. The zero-order chi connectivity index (χ0) is 22.1. The van der Waals surface area contributed by atoms with Gasteiger partial charge in [0.1, 0.15) is 18.1 Å². The SMILES string of the molecule is C=C(C)C(=O)OCCNC(=O)Oc1ccc(OCCc2ccccc2)c2ccccc12. The zero-order valence-electron chi connectivity index (χ0n) is 17.4. The predicted molar refractivity (Wildman–Crippen MR) is 119 cm³/mol. The van der Waals surface area contributed by atoms with Crippen molar-refractivity contribution in [2.45, 2.75) is 13.3 Å². The van der Waals surface area contributed by atoms with Crippen LogP contribution in [0.3, 0.4) is 0 Å². The molecule has 160 valence electrons. The van der Waals surface area contributed by atoms with Crippen LogP contribution in [0.2, 0.25) is 0 Å². The Bertz CT molecular complexity index is 1060. The first kappa shape index (κ1) is 21.9. The van der Waals surface area contributed by atoms with Gasteiger partial charge in [0.15, 0.2) is 0 Å². The van der Waals surface area contributed by atoms with Gasteiger partial charge >= 0.3 is 12.1 Å². The third-order valence-corrected chi connectivity index (χ3v) is 4.49. The summed E-state index contributed by atoms with van der Waals surface area (Å²) in [6, 6.07) is 21.2. The molecule has 0 heterocycles. The standard InChI is InChI=1S/C25H25NO5/c1-18(2)24(27)30-17-15-26-25(28)31-23-13-12-22(20-10-6-7-11-21(20)23)29-16-14-19-8-4-3-5-9-19/h3-13H,1,14-17H2,2H3,(H,26,28). The second-order valence-corrected chi connectivity index (χ2v) is 6.92. The minimum absolute atomic E-state index is 0.0374. The quantitative estimate of drug-likeness (QED) is 0.310. The highest BCUT2D eigenvalue weighted by Crippen LogP contribution is 2.33. The number of nitrogens with one attached hydrogen (secondary N) is 1. The van der Waals surface area contributed by atoms with Gasteiger partial charge in [-0.3, -0.25) is 0 Å². The van der Waals surface area contributed by atoms with Crippen LogP contribution in [0.15, 0.2) is 78.9 Å². The number of benzene rings is 3. The summed E-state index contributed by atoms with van der Waals surface area (Å²) < 4.78 is 16.4. The van der Waals surface area contributed by atoms with Crippen molar-refractivity contribution in [2.24, 2.45) is 0 Å². The lowest BCUT2D eigenvalue weighted by atomic mass is 10.1. The largest absolute Gasteiger partial charge is 0.493 e. The Labute approximate surface area is 181 Å². The smallest absolute Gasteiger partial charge is 0.412 e. The van der Waals surface area contributed by atoms with Crippen molar-refractivity contribution in [3.8, 4) is 11.5 Å². The number of amides is 1. The highest BCUT2D eigenvalue weighted by Gasteiger charge is 2.12. The molecule has 0 fully saturated rings. The molecule has 0 radical (unpaired) electrons. The van der Waals surface area contributed by atoms with Crippen LogP contribution in [0.1, 0.15) is 12.5 Å². The molecule has 0 aliphatic rings. The molecule has 6 nitrogen and oxygen atoms in total. The molecule has 0 bridgehead atoms. The molecule has 1 amide bonds. The van der Waals surface area contributed by atoms with Crippen LogP contribution in [0.25, 0.3) is 10.8 Å². The van der Waals surface area contributed by atoms with Crippen LogP contribution in [0.5, 0.6) is 11.5 Å². The van der Waals surface area contributed by atoms with Crippen LogP contribution in [-0.4, -0.2) is 31.8 Å². The van der Waals surface area contributed by atoms with E-state index in [2.05, 4.69) is 24.0 Å². The number of hydrogen-bond donors (Lipinski definition) is 1. The minimum Gasteiger partial charge on any atom is -0.493 e. The van der Waals surface area contributed by atoms with Gasteiger partial charge in [-0.15, -0.1) is 0 Å². The third-order valence-electron chi connectivity index (χ3n) is 4.49. The van der Waals surface area contributed by atoms with E-state index >= 15 is 0 Å². The van der Waals surface area contributed by atoms with Crippen molar-refractivity contribution >= 4 is 22.8 Å². The summed E-state index contributed by atoms with van der Waals surface area (Å²) in [5.41, 5.74) is 1.51. The average Bonchev–Trinajstić information content (AvgIpc) is 2.78. The van der Waals surface area contributed by atoms with Gasteiger partial charge < -0.3 is 19.5 Å². The van der Waals surface area contributed by atoms with E-state index in [1.807, 2.05) is 42.5 Å². The first-order chi connectivity index (χ1) is 15.0. The van der Waals surface area contributed by atoms with E-state index in [1.165, 1.54) is 5.56 Å². The molecule has 3 aromatic carbocycles. The Morgan fingerprint density at radius 1 is 0.871 bits per heavy atom. The third kappa shape index (κ3) is 6.34. The number of carbonyl (C=O) groups is 2. The van der Waals surface area contributed by atoms with Gasteiger partial charge in [-0.1, -0.05) is 61.2 Å². The number of rotatable bonds is 9. The molecule has 0 saturated heterocycles.